The lowest BCUT2D eigenvalue weighted by molar-refractivity contribution is -0.385. The molecule has 0 radical (unpaired) electrons. The highest BCUT2D eigenvalue weighted by atomic mass is 28.4. The molecular formula is C26H23NO3Si. The van der Waals surface area contributed by atoms with Crippen molar-refractivity contribution in [1.29, 1.82) is 0 Å². The molecule has 0 amide bonds. The fraction of sp³-hybridized carbons (Fsp3) is 0.0769. The number of aryl methyl sites for hydroxylation is 1. The minimum absolute atomic E-state index is 0.0858. The Hall–Kier alpha value is -3.54. The van der Waals surface area contributed by atoms with Crippen molar-refractivity contribution < 1.29 is 9.35 Å². The standard InChI is InChI=1S/C26H23NO3Si/c1-21-17-18-26(27(28)29)22(19-21)20-30-31(23-11-5-2-6-12-23,24-13-7-3-8-14-24)25-15-9-4-10-16-25/h2-19H,20H2,1H3. The summed E-state index contributed by atoms with van der Waals surface area (Å²) in [6, 6.07) is 35.8. The van der Waals surface area contributed by atoms with Gasteiger partial charge in [0.05, 0.1) is 17.1 Å². The first kappa shape index (κ1) is 20.7. The zero-order valence-corrected chi connectivity index (χ0v) is 18.3. The lowest BCUT2D eigenvalue weighted by Gasteiger charge is -2.33. The summed E-state index contributed by atoms with van der Waals surface area (Å²) in [6.07, 6.45) is 0. The smallest absolute Gasteiger partial charge is 0.288 e. The van der Waals surface area contributed by atoms with Gasteiger partial charge in [0.2, 0.25) is 0 Å². The average Bonchev–Trinajstić information content (AvgIpc) is 2.81. The number of nitro groups is 1. The van der Waals surface area contributed by atoms with E-state index >= 15 is 0 Å². The predicted molar refractivity (Wildman–Crippen MR) is 127 cm³/mol. The van der Waals surface area contributed by atoms with Gasteiger partial charge in [-0.15, -0.1) is 0 Å². The highest BCUT2D eigenvalue weighted by Crippen LogP contribution is 2.22. The first-order valence-corrected chi connectivity index (χ1v) is 12.1. The number of hydrogen-bond donors (Lipinski definition) is 0. The van der Waals surface area contributed by atoms with Crippen LogP contribution < -0.4 is 15.6 Å². The fourth-order valence-electron chi connectivity index (χ4n) is 3.96. The van der Waals surface area contributed by atoms with Crippen molar-refractivity contribution in [2.24, 2.45) is 0 Å². The molecule has 0 saturated heterocycles. The molecule has 4 nitrogen and oxygen atoms in total. The molecule has 4 aromatic carbocycles. The number of benzene rings is 4. The molecule has 154 valence electrons. The minimum atomic E-state index is -2.90. The van der Waals surface area contributed by atoms with Crippen molar-refractivity contribution in [3.05, 3.63) is 130 Å². The predicted octanol–water partition coefficient (Wildman–Crippen LogP) is 4.09. The highest BCUT2D eigenvalue weighted by Gasteiger charge is 2.42. The zero-order chi connectivity index (χ0) is 21.7. The van der Waals surface area contributed by atoms with Crippen molar-refractivity contribution in [1.82, 2.24) is 0 Å². The van der Waals surface area contributed by atoms with Crippen LogP contribution in [0.5, 0.6) is 0 Å². The van der Waals surface area contributed by atoms with Gasteiger partial charge in [0.15, 0.2) is 0 Å². The molecule has 5 heteroatoms. The third-order valence-corrected chi connectivity index (χ3v) is 9.43. The van der Waals surface area contributed by atoms with Gasteiger partial charge in [-0.05, 0) is 28.6 Å². The number of nitrogens with zero attached hydrogens (tertiary/aromatic N) is 1. The summed E-state index contributed by atoms with van der Waals surface area (Å²) in [6.45, 7) is 2.09. The molecule has 0 aliphatic heterocycles. The maximum absolute atomic E-state index is 11.6. The quantitative estimate of drug-likeness (QED) is 0.194. The largest absolute Gasteiger partial charge is 0.399 e. The first-order chi connectivity index (χ1) is 15.1. The van der Waals surface area contributed by atoms with Crippen LogP contribution in [0.4, 0.5) is 5.69 Å². The zero-order valence-electron chi connectivity index (χ0n) is 17.3. The molecule has 0 fully saturated rings. The molecule has 0 saturated carbocycles. The summed E-state index contributed by atoms with van der Waals surface area (Å²) in [5.41, 5.74) is 1.64. The van der Waals surface area contributed by atoms with E-state index < -0.39 is 8.32 Å². The molecule has 0 heterocycles. The van der Waals surface area contributed by atoms with Crippen molar-refractivity contribution in [3.8, 4) is 0 Å². The molecule has 0 spiro atoms. The molecule has 0 aromatic heterocycles. The van der Waals surface area contributed by atoms with Crippen LogP contribution in [0.15, 0.2) is 109 Å². The van der Waals surface area contributed by atoms with Gasteiger partial charge in [-0.2, -0.15) is 0 Å². The van der Waals surface area contributed by atoms with E-state index in [0.29, 0.717) is 5.56 Å². The van der Waals surface area contributed by atoms with E-state index in [1.54, 1.807) is 12.1 Å². The summed E-state index contributed by atoms with van der Waals surface area (Å²) < 4.78 is 6.85. The molecular weight excluding hydrogens is 402 g/mol. The normalized spacial score (nSPS) is 11.3. The summed E-state index contributed by atoms with van der Waals surface area (Å²) in [5, 5.41) is 14.9. The molecule has 0 N–H and O–H groups in total. The van der Waals surface area contributed by atoms with E-state index in [2.05, 4.69) is 36.4 Å². The Morgan fingerprint density at radius 3 is 1.61 bits per heavy atom. The van der Waals surface area contributed by atoms with Gasteiger partial charge in [-0.1, -0.05) is 103 Å². The van der Waals surface area contributed by atoms with E-state index in [4.69, 9.17) is 4.43 Å². The van der Waals surface area contributed by atoms with E-state index in [1.807, 2.05) is 67.6 Å². The molecule has 0 bridgehead atoms. The van der Waals surface area contributed by atoms with Crippen molar-refractivity contribution >= 4 is 29.6 Å². The average molecular weight is 426 g/mol. The Kier molecular flexibility index (Phi) is 6.07. The third-order valence-electron chi connectivity index (χ3n) is 5.42. The highest BCUT2D eigenvalue weighted by molar-refractivity contribution is 7.07. The molecule has 0 aliphatic rings. The summed E-state index contributed by atoms with van der Waals surface area (Å²) in [4.78, 5) is 11.3. The Balaban J connectivity index is 1.89. The third kappa shape index (κ3) is 4.19. The van der Waals surface area contributed by atoms with Crippen molar-refractivity contribution in [3.63, 3.8) is 0 Å². The second-order valence-corrected chi connectivity index (χ2v) is 10.8. The van der Waals surface area contributed by atoms with Crippen LogP contribution in [0.1, 0.15) is 11.1 Å². The van der Waals surface area contributed by atoms with Gasteiger partial charge in [-0.25, -0.2) is 0 Å². The van der Waals surface area contributed by atoms with Crippen LogP contribution in [0, 0.1) is 17.0 Å². The molecule has 0 aliphatic carbocycles. The minimum Gasteiger partial charge on any atom is -0.399 e. The lowest BCUT2D eigenvalue weighted by Crippen LogP contribution is -2.69. The Morgan fingerprint density at radius 2 is 1.19 bits per heavy atom. The maximum atomic E-state index is 11.6. The van der Waals surface area contributed by atoms with E-state index in [9.17, 15) is 10.1 Å². The van der Waals surface area contributed by atoms with Crippen LogP contribution in [0.25, 0.3) is 0 Å². The van der Waals surface area contributed by atoms with Crippen LogP contribution in [0.2, 0.25) is 0 Å². The first-order valence-electron chi connectivity index (χ1n) is 10.2. The van der Waals surface area contributed by atoms with Gasteiger partial charge in [0.25, 0.3) is 14.0 Å². The van der Waals surface area contributed by atoms with Gasteiger partial charge in [-0.3, -0.25) is 10.1 Å². The second kappa shape index (κ2) is 9.08. The Labute approximate surface area is 183 Å². The van der Waals surface area contributed by atoms with Crippen LogP contribution in [0.3, 0.4) is 0 Å². The van der Waals surface area contributed by atoms with E-state index in [0.717, 1.165) is 21.1 Å². The fourth-order valence-corrected chi connectivity index (χ4v) is 7.82. The van der Waals surface area contributed by atoms with Crippen molar-refractivity contribution in [2.75, 3.05) is 0 Å². The molecule has 0 atom stereocenters. The second-order valence-electron chi connectivity index (χ2n) is 7.46. The monoisotopic (exact) mass is 425 g/mol. The van der Waals surface area contributed by atoms with E-state index in [1.165, 1.54) is 0 Å². The number of rotatable bonds is 7. The molecule has 4 aromatic rings. The van der Waals surface area contributed by atoms with Gasteiger partial charge in [0.1, 0.15) is 0 Å². The van der Waals surface area contributed by atoms with Crippen LogP contribution in [-0.4, -0.2) is 13.2 Å². The molecule has 4 rings (SSSR count). The van der Waals surface area contributed by atoms with Crippen LogP contribution >= 0.6 is 0 Å². The number of hydrogen-bond acceptors (Lipinski definition) is 3. The SMILES string of the molecule is Cc1ccc([N+](=O)[O-])c(CO[Si](c2ccccc2)(c2ccccc2)c2ccccc2)c1. The molecule has 0 unspecified atom stereocenters. The summed E-state index contributed by atoms with van der Waals surface area (Å²) in [5.74, 6) is 0. The van der Waals surface area contributed by atoms with Gasteiger partial charge >= 0.3 is 0 Å². The topological polar surface area (TPSA) is 52.4 Å². The van der Waals surface area contributed by atoms with E-state index in [-0.39, 0.29) is 17.2 Å². The lowest BCUT2D eigenvalue weighted by atomic mass is 10.1. The maximum Gasteiger partial charge on any atom is 0.288 e. The van der Waals surface area contributed by atoms with Gasteiger partial charge < -0.3 is 4.43 Å². The summed E-state index contributed by atoms with van der Waals surface area (Å²) >= 11 is 0. The van der Waals surface area contributed by atoms with Crippen molar-refractivity contribution in [2.45, 2.75) is 13.5 Å². The Morgan fingerprint density at radius 1 is 0.742 bits per heavy atom. The number of nitro benzene ring substituents is 1. The summed E-state index contributed by atoms with van der Waals surface area (Å²) in [7, 11) is -2.90. The Bertz CT molecular complexity index is 1070. The van der Waals surface area contributed by atoms with Crippen LogP contribution in [-0.2, 0) is 11.0 Å². The molecule has 31 heavy (non-hydrogen) atoms. The van der Waals surface area contributed by atoms with Gasteiger partial charge in [0, 0.05) is 6.07 Å².